The van der Waals surface area contributed by atoms with E-state index >= 15 is 0 Å². The van der Waals surface area contributed by atoms with Crippen LogP contribution in [0.15, 0.2) is 0 Å². The molecule has 0 saturated carbocycles. The summed E-state index contributed by atoms with van der Waals surface area (Å²) in [5.41, 5.74) is 0. The molecule has 0 radical (unpaired) electrons. The Labute approximate surface area is 370 Å². The molecule has 8 heteroatoms. The standard InChI is InChI=1S/C52H98O8/c1-5-7-9-11-13-15-17-19-21-23-25-27-31-35-39-43-49(53)57-47(3)59-51(55)45-41-37-33-29-30-34-38-42-46-52(56)60-48(4)58-50(54)44-40-36-32-28-26-24-22-20-18-16-14-12-10-8-6-2/h47-48H,5-46H2,1-4H3. The maximum atomic E-state index is 12.2. The lowest BCUT2D eigenvalue weighted by molar-refractivity contribution is -0.186. The van der Waals surface area contributed by atoms with E-state index in [4.69, 9.17) is 18.9 Å². The highest BCUT2D eigenvalue weighted by Gasteiger charge is 2.15. The third-order valence-corrected chi connectivity index (χ3v) is 11.7. The fraction of sp³-hybridized carbons (Fsp3) is 0.923. The van der Waals surface area contributed by atoms with Crippen molar-refractivity contribution in [2.45, 2.75) is 310 Å². The molecule has 2 atom stereocenters. The van der Waals surface area contributed by atoms with E-state index in [-0.39, 0.29) is 23.9 Å². The fourth-order valence-electron chi connectivity index (χ4n) is 7.90. The van der Waals surface area contributed by atoms with Crippen LogP contribution >= 0.6 is 0 Å². The lowest BCUT2D eigenvalue weighted by atomic mass is 10.0. The zero-order chi connectivity index (χ0) is 44.0. The average Bonchev–Trinajstić information content (AvgIpc) is 3.21. The topological polar surface area (TPSA) is 105 Å². The minimum Gasteiger partial charge on any atom is -0.425 e. The van der Waals surface area contributed by atoms with Crippen molar-refractivity contribution < 1.29 is 38.1 Å². The second kappa shape index (κ2) is 46.4. The summed E-state index contributed by atoms with van der Waals surface area (Å²) < 4.78 is 21.2. The van der Waals surface area contributed by atoms with Gasteiger partial charge in [0, 0.05) is 39.5 Å². The minimum absolute atomic E-state index is 0.294. The van der Waals surface area contributed by atoms with Gasteiger partial charge in [0.2, 0.25) is 12.6 Å². The zero-order valence-corrected chi connectivity index (χ0v) is 40.1. The first-order valence-electron chi connectivity index (χ1n) is 26.1. The number of hydrogen-bond donors (Lipinski definition) is 0. The van der Waals surface area contributed by atoms with Crippen molar-refractivity contribution in [3.05, 3.63) is 0 Å². The second-order valence-electron chi connectivity index (χ2n) is 17.8. The van der Waals surface area contributed by atoms with Crippen molar-refractivity contribution in [2.75, 3.05) is 0 Å². The predicted octanol–water partition coefficient (Wildman–Crippen LogP) is 16.3. The van der Waals surface area contributed by atoms with Crippen LogP contribution in [-0.2, 0) is 38.1 Å². The van der Waals surface area contributed by atoms with E-state index < -0.39 is 12.6 Å². The molecule has 0 fully saturated rings. The number of unbranched alkanes of at least 4 members (excludes halogenated alkanes) is 35. The van der Waals surface area contributed by atoms with Gasteiger partial charge in [-0.2, -0.15) is 0 Å². The van der Waals surface area contributed by atoms with Gasteiger partial charge in [-0.25, -0.2) is 0 Å². The van der Waals surface area contributed by atoms with Crippen molar-refractivity contribution in [1.29, 1.82) is 0 Å². The van der Waals surface area contributed by atoms with Gasteiger partial charge in [0.05, 0.1) is 0 Å². The molecule has 0 bridgehead atoms. The summed E-state index contributed by atoms with van der Waals surface area (Å²) in [7, 11) is 0. The minimum atomic E-state index is -0.842. The Morgan fingerprint density at radius 1 is 0.250 bits per heavy atom. The number of carbonyl (C=O) groups is 4. The molecule has 0 aliphatic heterocycles. The number of rotatable bonds is 47. The van der Waals surface area contributed by atoms with Gasteiger partial charge in [-0.1, -0.05) is 232 Å². The molecule has 0 aliphatic carbocycles. The molecule has 0 N–H and O–H groups in total. The van der Waals surface area contributed by atoms with Gasteiger partial charge >= 0.3 is 23.9 Å². The predicted molar refractivity (Wildman–Crippen MR) is 249 cm³/mol. The summed E-state index contributed by atoms with van der Waals surface area (Å²) >= 11 is 0. The van der Waals surface area contributed by atoms with E-state index in [0.717, 1.165) is 89.9 Å². The van der Waals surface area contributed by atoms with Crippen molar-refractivity contribution in [2.24, 2.45) is 0 Å². The van der Waals surface area contributed by atoms with Gasteiger partial charge in [-0.3, -0.25) is 19.2 Å². The highest BCUT2D eigenvalue weighted by Crippen LogP contribution is 2.17. The molecule has 0 aromatic carbocycles. The van der Waals surface area contributed by atoms with Crippen LogP contribution in [-0.4, -0.2) is 36.5 Å². The van der Waals surface area contributed by atoms with Gasteiger partial charge in [-0.05, 0) is 25.7 Å². The Morgan fingerprint density at radius 2 is 0.383 bits per heavy atom. The molecular formula is C52H98O8. The largest absolute Gasteiger partial charge is 0.425 e. The molecule has 0 spiro atoms. The number of esters is 4. The van der Waals surface area contributed by atoms with Crippen molar-refractivity contribution in [1.82, 2.24) is 0 Å². The average molecular weight is 851 g/mol. The van der Waals surface area contributed by atoms with E-state index in [1.807, 2.05) is 0 Å². The molecule has 0 rings (SSSR count). The Balaban J connectivity index is 3.54. The number of ether oxygens (including phenoxy) is 4. The molecule has 0 saturated heterocycles. The van der Waals surface area contributed by atoms with Gasteiger partial charge in [0.25, 0.3) is 0 Å². The monoisotopic (exact) mass is 851 g/mol. The second-order valence-corrected chi connectivity index (χ2v) is 17.8. The first-order valence-corrected chi connectivity index (χ1v) is 26.1. The van der Waals surface area contributed by atoms with Crippen LogP contribution in [0.4, 0.5) is 0 Å². The van der Waals surface area contributed by atoms with E-state index in [9.17, 15) is 19.2 Å². The Morgan fingerprint density at radius 3 is 0.533 bits per heavy atom. The van der Waals surface area contributed by atoms with Crippen LogP contribution in [0.2, 0.25) is 0 Å². The first kappa shape index (κ1) is 57.9. The van der Waals surface area contributed by atoms with Crippen LogP contribution in [0, 0.1) is 0 Å². The molecule has 2 unspecified atom stereocenters. The van der Waals surface area contributed by atoms with Crippen LogP contribution in [0.3, 0.4) is 0 Å². The molecule has 0 aromatic rings. The first-order chi connectivity index (χ1) is 29.3. The highest BCUT2D eigenvalue weighted by molar-refractivity contribution is 5.72. The quantitative estimate of drug-likeness (QED) is 0.0339. The maximum Gasteiger partial charge on any atom is 0.308 e. The molecule has 8 nitrogen and oxygen atoms in total. The summed E-state index contributed by atoms with van der Waals surface area (Å²) in [6, 6.07) is 0. The molecule has 0 aliphatic rings. The van der Waals surface area contributed by atoms with Gasteiger partial charge in [-0.15, -0.1) is 0 Å². The summed E-state index contributed by atoms with van der Waals surface area (Å²) in [4.78, 5) is 48.7. The van der Waals surface area contributed by atoms with E-state index in [1.165, 1.54) is 154 Å². The smallest absolute Gasteiger partial charge is 0.308 e. The van der Waals surface area contributed by atoms with Crippen molar-refractivity contribution in [3.8, 4) is 0 Å². The van der Waals surface area contributed by atoms with E-state index in [2.05, 4.69) is 13.8 Å². The SMILES string of the molecule is CCCCCCCCCCCCCCCCCC(=O)OC(C)OC(=O)CCCCCCCCCCC(=O)OC(C)OC(=O)CCCCCCCCCCCCCCCCC. The normalized spacial score (nSPS) is 12.3. The summed E-state index contributed by atoms with van der Waals surface area (Å²) in [5, 5.41) is 0. The van der Waals surface area contributed by atoms with Crippen molar-refractivity contribution >= 4 is 23.9 Å². The van der Waals surface area contributed by atoms with Crippen LogP contribution in [0.25, 0.3) is 0 Å². The van der Waals surface area contributed by atoms with Crippen LogP contribution in [0.1, 0.15) is 297 Å². The van der Waals surface area contributed by atoms with E-state index in [1.54, 1.807) is 13.8 Å². The van der Waals surface area contributed by atoms with E-state index in [0.29, 0.717) is 25.7 Å². The van der Waals surface area contributed by atoms with Gasteiger partial charge in [0.1, 0.15) is 0 Å². The Bertz CT molecular complexity index is 892. The highest BCUT2D eigenvalue weighted by atomic mass is 16.7. The third kappa shape index (κ3) is 45.4. The zero-order valence-electron chi connectivity index (χ0n) is 40.1. The summed E-state index contributed by atoms with van der Waals surface area (Å²) in [6.45, 7) is 7.76. The molecule has 60 heavy (non-hydrogen) atoms. The molecule has 354 valence electrons. The fourth-order valence-corrected chi connectivity index (χ4v) is 7.90. The van der Waals surface area contributed by atoms with Crippen LogP contribution < -0.4 is 0 Å². The number of carbonyl (C=O) groups excluding carboxylic acids is 4. The van der Waals surface area contributed by atoms with Crippen molar-refractivity contribution in [3.63, 3.8) is 0 Å². The lowest BCUT2D eigenvalue weighted by Gasteiger charge is -2.14. The molecular weight excluding hydrogens is 753 g/mol. The molecule has 0 heterocycles. The molecule has 0 amide bonds. The third-order valence-electron chi connectivity index (χ3n) is 11.7. The van der Waals surface area contributed by atoms with Gasteiger partial charge in [0.15, 0.2) is 0 Å². The lowest BCUT2D eigenvalue weighted by Crippen LogP contribution is -2.21. The number of hydrogen-bond acceptors (Lipinski definition) is 8. The van der Waals surface area contributed by atoms with Gasteiger partial charge < -0.3 is 18.9 Å². The molecule has 0 aromatic heterocycles. The van der Waals surface area contributed by atoms with Crippen LogP contribution in [0.5, 0.6) is 0 Å². The Hall–Kier alpha value is -2.12. The summed E-state index contributed by atoms with van der Waals surface area (Å²) in [5.74, 6) is -1.23. The summed E-state index contributed by atoms with van der Waals surface area (Å²) in [6.07, 6.45) is 46.0. The maximum absolute atomic E-state index is 12.2. The Kier molecular flexibility index (Phi) is 44.7.